The minimum atomic E-state index is -3.63. The van der Waals surface area contributed by atoms with Gasteiger partial charge in [0.2, 0.25) is 10.0 Å². The van der Waals surface area contributed by atoms with Crippen LogP contribution in [0.3, 0.4) is 0 Å². The summed E-state index contributed by atoms with van der Waals surface area (Å²) < 4.78 is 27.8. The summed E-state index contributed by atoms with van der Waals surface area (Å²) in [5.74, 6) is -0.00184. The van der Waals surface area contributed by atoms with Gasteiger partial charge in [0.1, 0.15) is 0 Å². The van der Waals surface area contributed by atoms with Gasteiger partial charge in [-0.25, -0.2) is 8.42 Å². The molecular weight excluding hydrogens is 316 g/mol. The van der Waals surface area contributed by atoms with Crippen molar-refractivity contribution in [2.45, 2.75) is 24.8 Å². The second kappa shape index (κ2) is 6.51. The van der Waals surface area contributed by atoms with E-state index < -0.39 is 15.9 Å². The molecule has 2 aromatic rings. The summed E-state index contributed by atoms with van der Waals surface area (Å²) in [4.78, 5) is 12.3. The van der Waals surface area contributed by atoms with E-state index in [9.17, 15) is 13.2 Å². The Kier molecular flexibility index (Phi) is 4.86. The number of rotatable bonds is 5. The van der Waals surface area contributed by atoms with Crippen molar-refractivity contribution in [3.8, 4) is 0 Å². The Morgan fingerprint density at radius 2 is 2.00 bits per heavy atom. The highest BCUT2D eigenvalue weighted by Crippen LogP contribution is 2.18. The van der Waals surface area contributed by atoms with E-state index in [2.05, 4.69) is 10.4 Å². The number of aromatic nitrogens is 2. The minimum Gasteiger partial charge on any atom is -0.305 e. The van der Waals surface area contributed by atoms with E-state index in [-0.39, 0.29) is 16.5 Å². The molecule has 1 N–H and O–H groups in total. The highest BCUT2D eigenvalue weighted by molar-refractivity contribution is 7.89. The molecule has 1 heterocycles. The van der Waals surface area contributed by atoms with Crippen molar-refractivity contribution < 1.29 is 13.2 Å². The van der Waals surface area contributed by atoms with Gasteiger partial charge in [-0.05, 0) is 32.0 Å². The topological polar surface area (TPSA) is 84.3 Å². The van der Waals surface area contributed by atoms with Crippen LogP contribution < -0.4 is 5.32 Å². The van der Waals surface area contributed by atoms with Gasteiger partial charge >= 0.3 is 0 Å². The predicted molar refractivity (Wildman–Crippen MR) is 87.7 cm³/mol. The largest absolute Gasteiger partial charge is 0.305 e. The third kappa shape index (κ3) is 3.77. The number of carbonyl (C=O) groups excluding carboxylic acids is 1. The Labute approximate surface area is 136 Å². The smallest absolute Gasteiger partial charge is 0.256 e. The summed E-state index contributed by atoms with van der Waals surface area (Å²) >= 11 is 0. The molecule has 0 atom stereocenters. The number of carbonyl (C=O) groups is 1. The van der Waals surface area contributed by atoms with Crippen molar-refractivity contribution in [1.29, 1.82) is 0 Å². The molecule has 23 heavy (non-hydrogen) atoms. The fourth-order valence-corrected chi connectivity index (χ4v) is 3.33. The lowest BCUT2D eigenvalue weighted by Gasteiger charge is -2.21. The van der Waals surface area contributed by atoms with Gasteiger partial charge in [0.05, 0.1) is 4.90 Å². The van der Waals surface area contributed by atoms with Crippen LogP contribution in [0.15, 0.2) is 41.4 Å². The first-order valence-corrected chi connectivity index (χ1v) is 8.55. The molecule has 0 unspecified atom stereocenters. The Morgan fingerprint density at radius 1 is 1.30 bits per heavy atom. The maximum atomic E-state index is 12.5. The van der Waals surface area contributed by atoms with Crippen molar-refractivity contribution in [2.24, 2.45) is 7.05 Å². The van der Waals surface area contributed by atoms with Crippen LogP contribution in [0.2, 0.25) is 0 Å². The zero-order chi connectivity index (χ0) is 17.2. The zero-order valence-electron chi connectivity index (χ0n) is 13.5. The average molecular weight is 336 g/mol. The second-order valence-corrected chi connectivity index (χ2v) is 7.47. The average Bonchev–Trinajstić information content (AvgIpc) is 2.91. The molecule has 0 spiro atoms. The number of hydrogen-bond donors (Lipinski definition) is 1. The SMILES string of the molecule is CC(C)N(C)S(=O)(=O)c1cccc(C(=O)Nc2ccn(C)n2)c1. The van der Waals surface area contributed by atoms with E-state index in [1.807, 2.05) is 0 Å². The standard InChI is InChI=1S/C15H20N4O3S/c1-11(2)19(4)23(21,22)13-7-5-6-12(10-13)15(20)16-14-8-9-18(3)17-14/h5-11H,1-4H3,(H,16,17,20). The van der Waals surface area contributed by atoms with Gasteiger partial charge in [-0.1, -0.05) is 6.07 Å². The van der Waals surface area contributed by atoms with Crippen LogP contribution in [-0.4, -0.2) is 41.5 Å². The maximum absolute atomic E-state index is 12.5. The first-order valence-electron chi connectivity index (χ1n) is 7.11. The summed E-state index contributed by atoms with van der Waals surface area (Å²) in [6.45, 7) is 3.57. The van der Waals surface area contributed by atoms with Crippen LogP contribution in [0.4, 0.5) is 5.82 Å². The van der Waals surface area contributed by atoms with Gasteiger partial charge in [0.25, 0.3) is 5.91 Å². The van der Waals surface area contributed by atoms with Crippen LogP contribution in [0.5, 0.6) is 0 Å². The second-order valence-electron chi connectivity index (χ2n) is 5.47. The highest BCUT2D eigenvalue weighted by Gasteiger charge is 2.24. The number of nitrogens with zero attached hydrogens (tertiary/aromatic N) is 3. The Bertz CT molecular complexity index is 812. The van der Waals surface area contributed by atoms with Crippen LogP contribution >= 0.6 is 0 Å². The molecule has 1 aromatic carbocycles. The van der Waals surface area contributed by atoms with E-state index in [0.717, 1.165) is 0 Å². The third-order valence-electron chi connectivity index (χ3n) is 3.46. The molecule has 0 saturated heterocycles. The predicted octanol–water partition coefficient (Wildman–Crippen LogP) is 1.70. The summed E-state index contributed by atoms with van der Waals surface area (Å²) in [5.41, 5.74) is 0.258. The molecule has 0 saturated carbocycles. The third-order valence-corrected chi connectivity index (χ3v) is 5.49. The van der Waals surface area contributed by atoms with Gasteiger partial charge < -0.3 is 5.32 Å². The molecule has 0 fully saturated rings. The Hall–Kier alpha value is -2.19. The van der Waals surface area contributed by atoms with Gasteiger partial charge in [0.15, 0.2) is 5.82 Å². The Morgan fingerprint density at radius 3 is 2.57 bits per heavy atom. The van der Waals surface area contributed by atoms with Crippen LogP contribution in [0, 0.1) is 0 Å². The molecule has 0 bridgehead atoms. The molecule has 7 nitrogen and oxygen atoms in total. The van der Waals surface area contributed by atoms with Crippen LogP contribution in [0.25, 0.3) is 0 Å². The van der Waals surface area contributed by atoms with Gasteiger partial charge in [-0.3, -0.25) is 9.48 Å². The van der Waals surface area contributed by atoms with E-state index in [0.29, 0.717) is 5.82 Å². The lowest BCUT2D eigenvalue weighted by atomic mass is 10.2. The number of hydrogen-bond acceptors (Lipinski definition) is 4. The zero-order valence-corrected chi connectivity index (χ0v) is 14.3. The first-order chi connectivity index (χ1) is 10.7. The first kappa shape index (κ1) is 17.2. The van der Waals surface area contributed by atoms with E-state index >= 15 is 0 Å². The lowest BCUT2D eigenvalue weighted by Crippen LogP contribution is -2.33. The number of sulfonamides is 1. The fraction of sp³-hybridized carbons (Fsp3) is 0.333. The molecule has 0 aliphatic heterocycles. The number of aryl methyl sites for hydroxylation is 1. The Balaban J connectivity index is 2.27. The molecule has 124 valence electrons. The molecule has 2 rings (SSSR count). The number of anilines is 1. The molecule has 0 radical (unpaired) electrons. The van der Waals surface area contributed by atoms with E-state index in [1.54, 1.807) is 50.0 Å². The number of benzene rings is 1. The summed E-state index contributed by atoms with van der Waals surface area (Å²) in [6.07, 6.45) is 1.70. The van der Waals surface area contributed by atoms with Crippen molar-refractivity contribution in [3.05, 3.63) is 42.1 Å². The molecular formula is C15H20N4O3S. The summed E-state index contributed by atoms with van der Waals surface area (Å²) in [6, 6.07) is 7.44. The molecule has 1 aromatic heterocycles. The van der Waals surface area contributed by atoms with Crippen molar-refractivity contribution in [3.63, 3.8) is 0 Å². The number of amides is 1. The van der Waals surface area contributed by atoms with Crippen LogP contribution in [0.1, 0.15) is 24.2 Å². The van der Waals surface area contributed by atoms with Crippen molar-refractivity contribution in [2.75, 3.05) is 12.4 Å². The van der Waals surface area contributed by atoms with E-state index in [4.69, 9.17) is 0 Å². The monoisotopic (exact) mass is 336 g/mol. The molecule has 0 aliphatic rings. The maximum Gasteiger partial charge on any atom is 0.256 e. The normalized spacial score (nSPS) is 11.9. The summed E-state index contributed by atoms with van der Waals surface area (Å²) in [5, 5.41) is 6.69. The molecule has 8 heteroatoms. The lowest BCUT2D eigenvalue weighted by molar-refractivity contribution is 0.102. The molecule has 0 aliphatic carbocycles. The minimum absolute atomic E-state index is 0.0855. The van der Waals surface area contributed by atoms with E-state index in [1.165, 1.54) is 23.5 Å². The summed E-state index contributed by atoms with van der Waals surface area (Å²) in [7, 11) is -0.374. The van der Waals surface area contributed by atoms with Crippen LogP contribution in [-0.2, 0) is 17.1 Å². The quantitative estimate of drug-likeness (QED) is 0.901. The van der Waals surface area contributed by atoms with Crippen molar-refractivity contribution in [1.82, 2.24) is 14.1 Å². The van der Waals surface area contributed by atoms with Gasteiger partial charge in [-0.15, -0.1) is 0 Å². The number of nitrogens with one attached hydrogen (secondary N) is 1. The van der Waals surface area contributed by atoms with Gasteiger partial charge in [0, 0.05) is 38.0 Å². The fourth-order valence-electron chi connectivity index (χ4n) is 1.91. The molecule has 1 amide bonds. The van der Waals surface area contributed by atoms with Crippen molar-refractivity contribution >= 4 is 21.7 Å². The highest BCUT2D eigenvalue weighted by atomic mass is 32.2. The van der Waals surface area contributed by atoms with Gasteiger partial charge in [-0.2, -0.15) is 9.40 Å².